The van der Waals surface area contributed by atoms with E-state index in [9.17, 15) is 0 Å². The van der Waals surface area contributed by atoms with Gasteiger partial charge in [0.1, 0.15) is 0 Å². The van der Waals surface area contributed by atoms with Crippen LogP contribution >= 0.6 is 12.4 Å². The molecule has 0 rings (SSSR count). The maximum absolute atomic E-state index is 2.30. The molecule has 22 heavy (non-hydrogen) atoms. The van der Waals surface area contributed by atoms with Crippen molar-refractivity contribution < 1.29 is 0 Å². The monoisotopic (exact) mass is 345 g/mol. The molecule has 0 unspecified atom stereocenters. The lowest BCUT2D eigenvalue weighted by Gasteiger charge is -2.02. The topological polar surface area (TPSA) is 0 Å². The van der Waals surface area contributed by atoms with Crippen molar-refractivity contribution in [2.24, 2.45) is 0 Å². The summed E-state index contributed by atoms with van der Waals surface area (Å²) in [6.45, 7) is 4.60. The van der Waals surface area contributed by atoms with Gasteiger partial charge in [0.2, 0.25) is 0 Å². The van der Waals surface area contributed by atoms with Crippen LogP contribution < -0.4 is 0 Å². The van der Waals surface area contributed by atoms with Gasteiger partial charge in [0.15, 0.2) is 15.2 Å². The summed E-state index contributed by atoms with van der Waals surface area (Å²) in [5, 5.41) is 3.15. The Morgan fingerprint density at radius 1 is 0.409 bits per heavy atom. The molecule has 0 amide bonds. The average Bonchev–Trinajstić information content (AvgIpc) is 2.50. The van der Waals surface area contributed by atoms with Crippen molar-refractivity contribution in [3.8, 4) is 0 Å². The van der Waals surface area contributed by atoms with Crippen molar-refractivity contribution in [1.82, 2.24) is 0 Å². The fourth-order valence-electron chi connectivity index (χ4n) is 2.99. The van der Waals surface area contributed by atoms with E-state index in [-0.39, 0.29) is 12.4 Å². The first-order valence-corrected chi connectivity index (χ1v) is 11.9. The smallest absolute Gasteiger partial charge is 0.147 e. The summed E-state index contributed by atoms with van der Waals surface area (Å²) in [6, 6.07) is 0. The molecule has 0 aromatic heterocycles. The van der Waals surface area contributed by atoms with Crippen molar-refractivity contribution in [3.05, 3.63) is 0 Å². The fraction of sp³-hybridized carbons (Fsp3) is 1.00. The molecule has 0 aromatic carbocycles. The minimum absolute atomic E-state index is 0. The van der Waals surface area contributed by atoms with E-state index >= 15 is 0 Å². The molecular weight excluding hydrogens is 303 g/mol. The van der Waals surface area contributed by atoms with Crippen LogP contribution in [-0.4, -0.2) is 15.2 Å². The molecule has 0 spiro atoms. The van der Waals surface area contributed by atoms with E-state index in [1.165, 1.54) is 103 Å². The number of unbranched alkanes of at least 4 members (excludes halogenated alkanes) is 14. The molecule has 133 valence electrons. The molecule has 0 N–H and O–H groups in total. The molecule has 0 aliphatic carbocycles. The van der Waals surface area contributed by atoms with Crippen molar-refractivity contribution in [1.29, 1.82) is 0 Å². The second-order valence-electron chi connectivity index (χ2n) is 6.82. The highest BCUT2D eigenvalue weighted by Crippen LogP contribution is 2.12. The summed E-state index contributed by atoms with van der Waals surface area (Å²) in [7, 11) is 0. The van der Waals surface area contributed by atoms with Gasteiger partial charge in [-0.05, 0) is 0 Å². The third-order valence-electron chi connectivity index (χ3n) is 4.52. The third kappa shape index (κ3) is 23.1. The molecule has 0 atom stereocenters. The van der Waals surface area contributed by atoms with E-state index in [4.69, 9.17) is 0 Å². The van der Waals surface area contributed by atoms with Gasteiger partial charge in [0.05, 0.1) is 0 Å². The Morgan fingerprint density at radius 2 is 0.682 bits per heavy atom. The van der Waals surface area contributed by atoms with E-state index in [2.05, 4.69) is 13.8 Å². The van der Waals surface area contributed by atoms with Crippen molar-refractivity contribution >= 4 is 27.6 Å². The van der Waals surface area contributed by atoms with Crippen molar-refractivity contribution in [2.75, 3.05) is 0 Å². The van der Waals surface area contributed by atoms with Gasteiger partial charge in [0.25, 0.3) is 0 Å². The van der Waals surface area contributed by atoms with Crippen LogP contribution in [0.4, 0.5) is 0 Å². The Kier molecular flexibility index (Phi) is 27.4. The average molecular weight is 346 g/mol. The molecule has 0 aliphatic rings. The maximum atomic E-state index is 2.30. The van der Waals surface area contributed by atoms with Gasteiger partial charge in [-0.1, -0.05) is 117 Å². The normalized spacial score (nSPS) is 10.5. The lowest BCUT2D eigenvalue weighted by molar-refractivity contribution is 0.582. The maximum Gasteiger partial charge on any atom is 0.199 e. The second-order valence-corrected chi connectivity index (χ2v) is 8.55. The van der Waals surface area contributed by atoms with Gasteiger partial charge < -0.3 is 0 Å². The molecule has 0 heterocycles. The summed E-state index contributed by atoms with van der Waals surface area (Å²) >= 11 is 0.786. The Labute approximate surface area is 154 Å². The van der Waals surface area contributed by atoms with E-state index in [0.29, 0.717) is 0 Å². The molecule has 0 bridgehead atoms. The lowest BCUT2D eigenvalue weighted by atomic mass is 10.1. The summed E-state index contributed by atoms with van der Waals surface area (Å²) in [5.74, 6) is 0. The van der Waals surface area contributed by atoms with E-state index in [1.54, 1.807) is 10.6 Å². The minimum atomic E-state index is 0. The summed E-state index contributed by atoms with van der Waals surface area (Å²) in [4.78, 5) is 0. The van der Waals surface area contributed by atoms with Gasteiger partial charge in [0, 0.05) is 0 Å². The number of halogens is 1. The SMILES string of the molecule is CCCCCCCCC[CH2][Al][CH2]CCCCCCCCC.Cl. The molecule has 0 aliphatic heterocycles. The van der Waals surface area contributed by atoms with E-state index < -0.39 is 0 Å². The first-order chi connectivity index (χ1) is 10.4. The van der Waals surface area contributed by atoms with Gasteiger partial charge in [-0.3, -0.25) is 0 Å². The highest BCUT2D eigenvalue weighted by molar-refractivity contribution is 6.35. The largest absolute Gasteiger partial charge is 0.199 e. The Hall–Kier alpha value is 0.822. The van der Waals surface area contributed by atoms with Gasteiger partial charge in [-0.2, -0.15) is 0 Å². The highest BCUT2D eigenvalue weighted by Gasteiger charge is 1.96. The van der Waals surface area contributed by atoms with Gasteiger partial charge >= 0.3 is 0 Å². The molecule has 0 aromatic rings. The zero-order valence-electron chi connectivity index (χ0n) is 15.7. The van der Waals surface area contributed by atoms with Crippen LogP contribution in [0.1, 0.15) is 117 Å². The minimum Gasteiger partial charge on any atom is -0.147 e. The Balaban J connectivity index is 0. The van der Waals surface area contributed by atoms with Crippen LogP contribution in [0.15, 0.2) is 0 Å². The summed E-state index contributed by atoms with van der Waals surface area (Å²) < 4.78 is 0. The Bertz CT molecular complexity index is 155. The quantitative estimate of drug-likeness (QED) is 0.173. The number of rotatable bonds is 18. The van der Waals surface area contributed by atoms with Crippen LogP contribution in [0.2, 0.25) is 10.6 Å². The first-order valence-electron chi connectivity index (χ1n) is 10.2. The molecule has 0 nitrogen and oxygen atoms in total. The van der Waals surface area contributed by atoms with Crippen molar-refractivity contribution in [2.45, 2.75) is 127 Å². The van der Waals surface area contributed by atoms with E-state index in [0.717, 1.165) is 15.2 Å². The zero-order valence-corrected chi connectivity index (χ0v) is 17.7. The van der Waals surface area contributed by atoms with Gasteiger partial charge in [-0.15, -0.1) is 23.0 Å². The van der Waals surface area contributed by atoms with Crippen LogP contribution in [-0.2, 0) is 0 Å². The second kappa shape index (κ2) is 24.1. The van der Waals surface area contributed by atoms with Crippen LogP contribution in [0.25, 0.3) is 0 Å². The Morgan fingerprint density at radius 3 is 1.00 bits per heavy atom. The highest BCUT2D eigenvalue weighted by atomic mass is 35.5. The van der Waals surface area contributed by atoms with Crippen LogP contribution in [0.5, 0.6) is 0 Å². The molecule has 2 heteroatoms. The molecule has 1 radical (unpaired) electrons. The standard InChI is InChI=1S/2C10H21.Al.ClH/c2*1-3-5-7-9-10-8-6-4-2;;/h2*1,3-10H2,2H3;;1H. The van der Waals surface area contributed by atoms with E-state index in [1.807, 2.05) is 0 Å². The number of hydrogen-bond acceptors (Lipinski definition) is 0. The molecule has 0 fully saturated rings. The predicted molar refractivity (Wildman–Crippen MR) is 108 cm³/mol. The lowest BCUT2D eigenvalue weighted by Crippen LogP contribution is -1.90. The summed E-state index contributed by atoms with van der Waals surface area (Å²) in [5.41, 5.74) is 0. The third-order valence-corrected chi connectivity index (χ3v) is 6.16. The van der Waals surface area contributed by atoms with Gasteiger partial charge in [-0.25, -0.2) is 0 Å². The molecular formula is C20H43AlCl. The van der Waals surface area contributed by atoms with Crippen LogP contribution in [0.3, 0.4) is 0 Å². The summed E-state index contributed by atoms with van der Waals surface area (Å²) in [6.07, 6.45) is 23.6. The molecule has 0 saturated heterocycles. The molecule has 0 saturated carbocycles. The number of hydrogen-bond donors (Lipinski definition) is 0. The van der Waals surface area contributed by atoms with Crippen LogP contribution in [0, 0.1) is 0 Å². The predicted octanol–water partition coefficient (Wildman–Crippen LogP) is 8.23. The fourth-order valence-corrected chi connectivity index (χ4v) is 4.43. The van der Waals surface area contributed by atoms with Crippen molar-refractivity contribution in [3.63, 3.8) is 0 Å². The zero-order chi connectivity index (χ0) is 15.4. The first kappa shape index (κ1) is 25.1.